The standard InChI is InChI=1S/C18H13N3OS/c19-11-13-6-8-15(9-7-13)20-17(22)10-16-12-23-18(21-16)14-4-2-1-3-5-14/h1-9,12H,10H2,(H,20,22). The van der Waals surface area contributed by atoms with E-state index in [1.807, 2.05) is 41.8 Å². The van der Waals surface area contributed by atoms with E-state index in [1.165, 1.54) is 11.3 Å². The minimum Gasteiger partial charge on any atom is -0.326 e. The molecule has 0 bridgehead atoms. The average Bonchev–Trinajstić information content (AvgIpc) is 3.04. The van der Waals surface area contributed by atoms with Crippen LogP contribution in [0.5, 0.6) is 0 Å². The number of rotatable bonds is 4. The number of carbonyl (C=O) groups is 1. The number of hydrogen-bond acceptors (Lipinski definition) is 4. The van der Waals surface area contributed by atoms with Gasteiger partial charge in [-0.15, -0.1) is 11.3 Å². The fourth-order valence-corrected chi connectivity index (χ4v) is 2.93. The van der Waals surface area contributed by atoms with E-state index in [4.69, 9.17) is 5.26 Å². The van der Waals surface area contributed by atoms with E-state index in [2.05, 4.69) is 10.3 Å². The number of benzene rings is 2. The third-order valence-corrected chi connectivity index (χ3v) is 4.15. The van der Waals surface area contributed by atoms with Gasteiger partial charge in [0.25, 0.3) is 0 Å². The molecule has 3 aromatic rings. The van der Waals surface area contributed by atoms with Crippen LogP contribution in [-0.4, -0.2) is 10.9 Å². The number of thiazole rings is 1. The fourth-order valence-electron chi connectivity index (χ4n) is 2.10. The molecule has 0 atom stereocenters. The molecule has 112 valence electrons. The minimum absolute atomic E-state index is 0.125. The summed E-state index contributed by atoms with van der Waals surface area (Å²) in [5.74, 6) is -0.125. The van der Waals surface area contributed by atoms with E-state index < -0.39 is 0 Å². The monoisotopic (exact) mass is 319 g/mol. The topological polar surface area (TPSA) is 65.8 Å². The first-order valence-corrected chi connectivity index (χ1v) is 7.92. The van der Waals surface area contributed by atoms with Crippen molar-refractivity contribution >= 4 is 22.9 Å². The van der Waals surface area contributed by atoms with E-state index >= 15 is 0 Å². The van der Waals surface area contributed by atoms with Crippen molar-refractivity contribution in [1.82, 2.24) is 4.98 Å². The van der Waals surface area contributed by atoms with Crippen LogP contribution in [-0.2, 0) is 11.2 Å². The highest BCUT2D eigenvalue weighted by molar-refractivity contribution is 7.13. The number of nitrogens with one attached hydrogen (secondary N) is 1. The van der Waals surface area contributed by atoms with Gasteiger partial charge in [0.05, 0.1) is 23.7 Å². The van der Waals surface area contributed by atoms with E-state index in [9.17, 15) is 4.79 Å². The van der Waals surface area contributed by atoms with Crippen LogP contribution in [0.3, 0.4) is 0 Å². The summed E-state index contributed by atoms with van der Waals surface area (Å²) in [6.45, 7) is 0. The molecule has 0 saturated carbocycles. The van der Waals surface area contributed by atoms with Crippen molar-refractivity contribution in [3.8, 4) is 16.6 Å². The molecule has 0 spiro atoms. The Morgan fingerprint density at radius 2 is 1.87 bits per heavy atom. The molecule has 2 aromatic carbocycles. The third-order valence-electron chi connectivity index (χ3n) is 3.21. The van der Waals surface area contributed by atoms with E-state index in [0.29, 0.717) is 11.3 Å². The Kier molecular flexibility index (Phi) is 4.46. The molecule has 1 aromatic heterocycles. The van der Waals surface area contributed by atoms with Crippen molar-refractivity contribution in [2.24, 2.45) is 0 Å². The molecule has 0 aliphatic carbocycles. The number of carbonyl (C=O) groups excluding carboxylic acids is 1. The van der Waals surface area contributed by atoms with Crippen molar-refractivity contribution in [3.63, 3.8) is 0 Å². The van der Waals surface area contributed by atoms with Crippen molar-refractivity contribution in [2.45, 2.75) is 6.42 Å². The summed E-state index contributed by atoms with van der Waals surface area (Å²) < 4.78 is 0. The molecule has 1 amide bonds. The van der Waals surface area contributed by atoms with Gasteiger partial charge in [-0.1, -0.05) is 30.3 Å². The van der Waals surface area contributed by atoms with Crippen LogP contribution in [0, 0.1) is 11.3 Å². The van der Waals surface area contributed by atoms with Crippen LogP contribution in [0.2, 0.25) is 0 Å². The Morgan fingerprint density at radius 1 is 1.13 bits per heavy atom. The highest BCUT2D eigenvalue weighted by atomic mass is 32.1. The second kappa shape index (κ2) is 6.86. The van der Waals surface area contributed by atoms with Gasteiger partial charge < -0.3 is 5.32 Å². The first-order chi connectivity index (χ1) is 11.2. The molecular formula is C18H13N3OS. The molecule has 1 N–H and O–H groups in total. The first kappa shape index (κ1) is 14.9. The summed E-state index contributed by atoms with van der Waals surface area (Å²) in [7, 11) is 0. The molecule has 0 saturated heterocycles. The Hall–Kier alpha value is -2.97. The van der Waals surface area contributed by atoms with Crippen molar-refractivity contribution in [3.05, 3.63) is 71.2 Å². The highest BCUT2D eigenvalue weighted by Crippen LogP contribution is 2.23. The summed E-state index contributed by atoms with van der Waals surface area (Å²) in [5, 5.41) is 14.4. The molecular weight excluding hydrogens is 306 g/mol. The maximum Gasteiger partial charge on any atom is 0.230 e. The van der Waals surface area contributed by atoms with Gasteiger partial charge in [0.15, 0.2) is 0 Å². The summed E-state index contributed by atoms with van der Waals surface area (Å²) in [6, 6.07) is 18.7. The van der Waals surface area contributed by atoms with Gasteiger partial charge in [0.1, 0.15) is 5.01 Å². The quantitative estimate of drug-likeness (QED) is 0.794. The molecule has 4 nitrogen and oxygen atoms in total. The minimum atomic E-state index is -0.125. The van der Waals surface area contributed by atoms with Gasteiger partial charge >= 0.3 is 0 Å². The van der Waals surface area contributed by atoms with Gasteiger partial charge in [0.2, 0.25) is 5.91 Å². The maximum atomic E-state index is 12.1. The van der Waals surface area contributed by atoms with Crippen LogP contribution in [0.15, 0.2) is 60.0 Å². The molecule has 0 fully saturated rings. The maximum absolute atomic E-state index is 12.1. The SMILES string of the molecule is N#Cc1ccc(NC(=O)Cc2csc(-c3ccccc3)n2)cc1. The predicted molar refractivity (Wildman–Crippen MR) is 91.0 cm³/mol. The lowest BCUT2D eigenvalue weighted by molar-refractivity contribution is -0.115. The second-order valence-corrected chi connectivity index (χ2v) is 5.78. The van der Waals surface area contributed by atoms with E-state index in [0.717, 1.165) is 16.3 Å². The molecule has 0 unspecified atom stereocenters. The zero-order chi connectivity index (χ0) is 16.1. The number of nitrogens with zero attached hydrogens (tertiary/aromatic N) is 2. The van der Waals surface area contributed by atoms with Gasteiger partial charge in [-0.25, -0.2) is 4.98 Å². The summed E-state index contributed by atoms with van der Waals surface area (Å²) in [4.78, 5) is 16.6. The lowest BCUT2D eigenvalue weighted by Crippen LogP contribution is -2.14. The smallest absolute Gasteiger partial charge is 0.230 e. The summed E-state index contributed by atoms with van der Waals surface area (Å²) >= 11 is 1.53. The number of nitriles is 1. The number of aromatic nitrogens is 1. The van der Waals surface area contributed by atoms with Gasteiger partial charge in [0, 0.05) is 16.6 Å². The summed E-state index contributed by atoms with van der Waals surface area (Å²) in [5.41, 5.74) is 3.04. The van der Waals surface area contributed by atoms with Crippen LogP contribution in [0.4, 0.5) is 5.69 Å². The molecule has 5 heteroatoms. The summed E-state index contributed by atoms with van der Waals surface area (Å²) in [6.07, 6.45) is 0.226. The van der Waals surface area contributed by atoms with Crippen LogP contribution >= 0.6 is 11.3 Å². The van der Waals surface area contributed by atoms with Crippen molar-refractivity contribution < 1.29 is 4.79 Å². The third kappa shape index (κ3) is 3.82. The molecule has 23 heavy (non-hydrogen) atoms. The van der Waals surface area contributed by atoms with Crippen molar-refractivity contribution in [1.29, 1.82) is 5.26 Å². The molecule has 1 heterocycles. The zero-order valence-corrected chi connectivity index (χ0v) is 13.0. The Labute approximate surface area is 138 Å². The average molecular weight is 319 g/mol. The molecule has 0 aliphatic heterocycles. The Morgan fingerprint density at radius 3 is 2.57 bits per heavy atom. The Bertz CT molecular complexity index is 848. The molecule has 3 rings (SSSR count). The lowest BCUT2D eigenvalue weighted by atomic mass is 10.2. The van der Waals surface area contributed by atoms with Gasteiger partial charge in [-0.2, -0.15) is 5.26 Å². The van der Waals surface area contributed by atoms with Crippen LogP contribution in [0.1, 0.15) is 11.3 Å². The number of anilines is 1. The van der Waals surface area contributed by atoms with Crippen molar-refractivity contribution in [2.75, 3.05) is 5.32 Å². The normalized spacial score (nSPS) is 10.0. The second-order valence-electron chi connectivity index (χ2n) is 4.92. The Balaban J connectivity index is 1.64. The van der Waals surface area contributed by atoms with Gasteiger partial charge in [-0.05, 0) is 24.3 Å². The largest absolute Gasteiger partial charge is 0.326 e. The molecule has 0 radical (unpaired) electrons. The van der Waals surface area contributed by atoms with Crippen LogP contribution < -0.4 is 5.32 Å². The van der Waals surface area contributed by atoms with Gasteiger partial charge in [-0.3, -0.25) is 4.79 Å². The van der Waals surface area contributed by atoms with E-state index in [-0.39, 0.29) is 12.3 Å². The number of amides is 1. The van der Waals surface area contributed by atoms with E-state index in [1.54, 1.807) is 24.3 Å². The first-order valence-electron chi connectivity index (χ1n) is 7.04. The number of hydrogen-bond donors (Lipinski definition) is 1. The fraction of sp³-hybridized carbons (Fsp3) is 0.0556. The van der Waals surface area contributed by atoms with Crippen LogP contribution in [0.25, 0.3) is 10.6 Å². The zero-order valence-electron chi connectivity index (χ0n) is 12.2. The molecule has 0 aliphatic rings. The highest BCUT2D eigenvalue weighted by Gasteiger charge is 2.09. The lowest BCUT2D eigenvalue weighted by Gasteiger charge is -2.03. The predicted octanol–water partition coefficient (Wildman–Crippen LogP) is 3.86.